The number of nitrogens with zero attached hydrogens (tertiary/aromatic N) is 4. The van der Waals surface area contributed by atoms with Crippen LogP contribution in [0, 0.1) is 13.8 Å². The molecule has 0 bridgehead atoms. The molecule has 3 heterocycles. The van der Waals surface area contributed by atoms with Crippen LogP contribution in [-0.4, -0.2) is 72.3 Å². The van der Waals surface area contributed by atoms with Crippen LogP contribution in [0.4, 0.5) is 0 Å². The summed E-state index contributed by atoms with van der Waals surface area (Å²) < 4.78 is 30.9. The monoisotopic (exact) mass is 458 g/mol. The van der Waals surface area contributed by atoms with Crippen LogP contribution in [0.2, 0.25) is 0 Å². The van der Waals surface area contributed by atoms with Crippen LogP contribution in [0.25, 0.3) is 0 Å². The molecule has 32 heavy (non-hydrogen) atoms. The molecule has 7 nitrogen and oxygen atoms in total. The lowest BCUT2D eigenvalue weighted by molar-refractivity contribution is 0.0719. The molecule has 2 aliphatic heterocycles. The quantitative estimate of drug-likeness (QED) is 0.691. The smallest absolute Gasteiger partial charge is 0.257 e. The molecular formula is C24H34N4O3S. The lowest BCUT2D eigenvalue weighted by Gasteiger charge is -2.34. The van der Waals surface area contributed by atoms with Crippen LogP contribution in [0.1, 0.15) is 46.6 Å². The molecular weight excluding hydrogens is 424 g/mol. The number of sulfonamides is 1. The van der Waals surface area contributed by atoms with Crippen molar-refractivity contribution < 1.29 is 13.2 Å². The predicted octanol–water partition coefficient (Wildman–Crippen LogP) is 2.77. The Hall–Kier alpha value is -2.16. The molecule has 2 saturated heterocycles. The highest BCUT2D eigenvalue weighted by Gasteiger charge is 2.37. The summed E-state index contributed by atoms with van der Waals surface area (Å²) in [6.45, 7) is 8.08. The van der Waals surface area contributed by atoms with Gasteiger partial charge in [0.1, 0.15) is 4.90 Å². The standard InChI is InChI=1S/C24H34N4O3S/c1-19-22(24(29)27-12-8-5-9-13-27)23(20(2)25(19)3)32(30,31)28-16-14-26(15-17-28)18-21-10-6-4-7-11-21/h4,6-7,10-11H,5,8-9,12-18H2,1-3H3. The number of hydrogen-bond acceptors (Lipinski definition) is 4. The Morgan fingerprint density at radius 2 is 1.50 bits per heavy atom. The number of piperazine rings is 1. The molecule has 1 aromatic heterocycles. The maximum absolute atomic E-state index is 13.8. The van der Waals surface area contributed by atoms with E-state index in [1.54, 1.807) is 11.2 Å². The molecule has 174 valence electrons. The molecule has 0 saturated carbocycles. The van der Waals surface area contributed by atoms with Gasteiger partial charge in [-0.3, -0.25) is 9.69 Å². The fourth-order valence-corrected chi connectivity index (χ4v) is 6.74. The fourth-order valence-electron chi connectivity index (χ4n) is 4.84. The summed E-state index contributed by atoms with van der Waals surface area (Å²) in [5.74, 6) is -0.146. The molecule has 0 radical (unpaired) electrons. The van der Waals surface area contributed by atoms with Crippen LogP contribution >= 0.6 is 0 Å². The summed E-state index contributed by atoms with van der Waals surface area (Å²) in [5, 5.41) is 0. The minimum atomic E-state index is -3.77. The molecule has 1 amide bonds. The second-order valence-corrected chi connectivity index (χ2v) is 10.8. The zero-order chi connectivity index (χ0) is 22.9. The Balaban J connectivity index is 1.56. The SMILES string of the molecule is Cc1c(C(=O)N2CCCCC2)c(S(=O)(=O)N2CCN(Cc3ccccc3)CC2)c(C)n1C. The topological polar surface area (TPSA) is 65.9 Å². The van der Waals surface area contributed by atoms with Crippen molar-refractivity contribution in [3.8, 4) is 0 Å². The Labute approximate surface area is 191 Å². The molecule has 0 atom stereocenters. The van der Waals surface area contributed by atoms with E-state index in [4.69, 9.17) is 0 Å². The summed E-state index contributed by atoms with van der Waals surface area (Å²) in [6, 6.07) is 10.2. The highest BCUT2D eigenvalue weighted by Crippen LogP contribution is 2.31. The van der Waals surface area contributed by atoms with Crippen molar-refractivity contribution in [2.45, 2.75) is 44.6 Å². The second-order valence-electron chi connectivity index (χ2n) is 8.95. The number of amides is 1. The van der Waals surface area contributed by atoms with E-state index in [2.05, 4.69) is 17.0 Å². The van der Waals surface area contributed by atoms with Gasteiger partial charge in [-0.05, 0) is 38.7 Å². The van der Waals surface area contributed by atoms with Gasteiger partial charge >= 0.3 is 0 Å². The van der Waals surface area contributed by atoms with Crippen molar-refractivity contribution in [1.29, 1.82) is 0 Å². The van der Waals surface area contributed by atoms with Gasteiger partial charge in [0.05, 0.1) is 5.56 Å². The number of hydrogen-bond donors (Lipinski definition) is 0. The largest absolute Gasteiger partial charge is 0.350 e. The number of rotatable bonds is 5. The normalized spacial score (nSPS) is 18.8. The van der Waals surface area contributed by atoms with Crippen LogP contribution in [0.3, 0.4) is 0 Å². The lowest BCUT2D eigenvalue weighted by atomic mass is 10.1. The third-order valence-electron chi connectivity index (χ3n) is 6.96. The van der Waals surface area contributed by atoms with Gasteiger partial charge in [0, 0.05) is 64.2 Å². The number of carbonyl (C=O) groups excluding carboxylic acids is 1. The van der Waals surface area contributed by atoms with Crippen LogP contribution in [0.15, 0.2) is 35.2 Å². The summed E-state index contributed by atoms with van der Waals surface area (Å²) in [6.07, 6.45) is 3.07. The first kappa shape index (κ1) is 23.0. The van der Waals surface area contributed by atoms with Gasteiger partial charge in [0.15, 0.2) is 0 Å². The number of aromatic nitrogens is 1. The average Bonchev–Trinajstić information content (AvgIpc) is 3.04. The number of likely N-dealkylation sites (tertiary alicyclic amines) is 1. The minimum Gasteiger partial charge on any atom is -0.350 e. The van der Waals surface area contributed by atoms with Crippen LogP contribution in [-0.2, 0) is 23.6 Å². The third-order valence-corrected chi connectivity index (χ3v) is 9.02. The summed E-state index contributed by atoms with van der Waals surface area (Å²) in [7, 11) is -1.92. The van der Waals surface area contributed by atoms with Gasteiger partial charge in [0.2, 0.25) is 10.0 Å². The first-order valence-corrected chi connectivity index (χ1v) is 13.0. The molecule has 0 aliphatic carbocycles. The van der Waals surface area contributed by atoms with Crippen molar-refractivity contribution in [3.05, 3.63) is 52.8 Å². The van der Waals surface area contributed by atoms with E-state index in [-0.39, 0.29) is 10.8 Å². The van der Waals surface area contributed by atoms with E-state index in [1.807, 2.05) is 41.6 Å². The molecule has 0 unspecified atom stereocenters. The van der Waals surface area contributed by atoms with Crippen molar-refractivity contribution in [2.75, 3.05) is 39.3 Å². The highest BCUT2D eigenvalue weighted by molar-refractivity contribution is 7.89. The van der Waals surface area contributed by atoms with Crippen molar-refractivity contribution in [3.63, 3.8) is 0 Å². The third kappa shape index (κ3) is 4.36. The van der Waals surface area contributed by atoms with Crippen molar-refractivity contribution >= 4 is 15.9 Å². The van der Waals surface area contributed by atoms with Gasteiger partial charge in [0.25, 0.3) is 5.91 Å². The van der Waals surface area contributed by atoms with Gasteiger partial charge in [-0.25, -0.2) is 8.42 Å². The predicted molar refractivity (Wildman–Crippen MR) is 125 cm³/mol. The summed E-state index contributed by atoms with van der Waals surface area (Å²) >= 11 is 0. The molecule has 2 fully saturated rings. The maximum Gasteiger partial charge on any atom is 0.257 e. The summed E-state index contributed by atoms with van der Waals surface area (Å²) in [5.41, 5.74) is 2.94. The van der Waals surface area contributed by atoms with Gasteiger partial charge in [-0.15, -0.1) is 0 Å². The van der Waals surface area contributed by atoms with E-state index >= 15 is 0 Å². The van der Waals surface area contributed by atoms with E-state index in [0.717, 1.165) is 31.5 Å². The van der Waals surface area contributed by atoms with Crippen LogP contribution < -0.4 is 0 Å². The van der Waals surface area contributed by atoms with Crippen LogP contribution in [0.5, 0.6) is 0 Å². The van der Waals surface area contributed by atoms with Crippen molar-refractivity contribution in [1.82, 2.24) is 18.7 Å². The molecule has 8 heteroatoms. The van der Waals surface area contributed by atoms with E-state index in [0.29, 0.717) is 50.5 Å². The Kier molecular flexibility index (Phi) is 6.74. The summed E-state index contributed by atoms with van der Waals surface area (Å²) in [4.78, 5) is 17.7. The molecule has 2 aliphatic rings. The Bertz CT molecular complexity index is 1060. The van der Waals surface area contributed by atoms with E-state index in [1.165, 1.54) is 5.56 Å². The first-order chi connectivity index (χ1) is 15.3. The van der Waals surface area contributed by atoms with Gasteiger partial charge in [-0.1, -0.05) is 30.3 Å². The lowest BCUT2D eigenvalue weighted by Crippen LogP contribution is -2.48. The highest BCUT2D eigenvalue weighted by atomic mass is 32.2. The number of benzene rings is 1. The van der Waals surface area contributed by atoms with Crippen molar-refractivity contribution in [2.24, 2.45) is 7.05 Å². The van der Waals surface area contributed by atoms with Gasteiger partial charge < -0.3 is 9.47 Å². The molecule has 1 aromatic carbocycles. The molecule has 2 aromatic rings. The Morgan fingerprint density at radius 1 is 0.875 bits per heavy atom. The zero-order valence-corrected chi connectivity index (χ0v) is 20.2. The first-order valence-electron chi connectivity index (χ1n) is 11.5. The van der Waals surface area contributed by atoms with E-state index < -0.39 is 10.0 Å². The molecule has 4 rings (SSSR count). The zero-order valence-electron chi connectivity index (χ0n) is 19.4. The second kappa shape index (κ2) is 9.37. The number of piperidine rings is 1. The van der Waals surface area contributed by atoms with E-state index in [9.17, 15) is 13.2 Å². The fraction of sp³-hybridized carbons (Fsp3) is 0.542. The molecule has 0 N–H and O–H groups in total. The Morgan fingerprint density at radius 3 is 2.12 bits per heavy atom. The maximum atomic E-state index is 13.8. The van der Waals surface area contributed by atoms with Gasteiger partial charge in [-0.2, -0.15) is 4.31 Å². The number of carbonyl (C=O) groups is 1. The average molecular weight is 459 g/mol. The minimum absolute atomic E-state index is 0.146. The molecule has 0 spiro atoms.